The Morgan fingerprint density at radius 1 is 0.757 bits per heavy atom. The van der Waals surface area contributed by atoms with Crippen LogP contribution in [0, 0.1) is 6.92 Å². The van der Waals surface area contributed by atoms with Gasteiger partial charge in [0, 0.05) is 63.6 Å². The molecular formula is C57H62N4O7S2. The van der Waals surface area contributed by atoms with Crippen LogP contribution in [0.5, 0.6) is 17.2 Å². The van der Waals surface area contributed by atoms with E-state index >= 15 is 0 Å². The second kappa shape index (κ2) is 21.5. The number of amides is 3. The third-order valence-corrected chi connectivity index (χ3v) is 17.3. The van der Waals surface area contributed by atoms with Crippen molar-refractivity contribution < 1.29 is 33.4 Å². The molecule has 1 unspecified atom stereocenters. The Hall–Kier alpha value is -6.05. The van der Waals surface area contributed by atoms with Gasteiger partial charge in [-0.2, -0.15) is 0 Å². The van der Waals surface area contributed by atoms with Crippen LogP contribution in [0.4, 0.5) is 17.1 Å². The zero-order valence-electron chi connectivity index (χ0n) is 40.8. The van der Waals surface area contributed by atoms with E-state index in [0.29, 0.717) is 47.8 Å². The first-order valence-corrected chi connectivity index (χ1v) is 26.8. The van der Waals surface area contributed by atoms with Crippen molar-refractivity contribution in [2.75, 3.05) is 34.5 Å². The third kappa shape index (κ3) is 11.0. The average Bonchev–Trinajstić information content (AvgIpc) is 3.85. The number of methoxy groups -OCH3 is 1. The second-order valence-corrected chi connectivity index (χ2v) is 22.5. The molecule has 1 N–H and O–H groups in total. The van der Waals surface area contributed by atoms with Crippen molar-refractivity contribution in [1.29, 1.82) is 0 Å². The van der Waals surface area contributed by atoms with E-state index in [-0.39, 0.29) is 60.1 Å². The number of ether oxygens (including phenoxy) is 3. The predicted molar refractivity (Wildman–Crippen MR) is 283 cm³/mol. The Morgan fingerprint density at radius 3 is 1.96 bits per heavy atom. The Bertz CT molecular complexity index is 2840. The van der Waals surface area contributed by atoms with Gasteiger partial charge in [-0.1, -0.05) is 58.0 Å². The van der Waals surface area contributed by atoms with Crippen molar-refractivity contribution in [2.24, 2.45) is 4.99 Å². The number of fused-ring (bicyclic) bond motifs is 8. The number of carbonyl (C=O) groups excluding carboxylic acids is 4. The fraction of sp³-hybridized carbons (Fsp3) is 0.386. The fourth-order valence-corrected chi connectivity index (χ4v) is 12.9. The van der Waals surface area contributed by atoms with Gasteiger partial charge in [0.15, 0.2) is 17.3 Å². The molecule has 0 aromatic heterocycles. The quantitative estimate of drug-likeness (QED) is 0.0489. The lowest BCUT2D eigenvalue weighted by atomic mass is 9.98. The smallest absolute Gasteiger partial charge is 0.258 e. The van der Waals surface area contributed by atoms with Crippen LogP contribution in [0.15, 0.2) is 96.0 Å². The highest BCUT2D eigenvalue weighted by Gasteiger charge is 2.39. The number of aryl methyl sites for hydroxylation is 3. The van der Waals surface area contributed by atoms with Crippen LogP contribution in [0.1, 0.15) is 119 Å². The zero-order chi connectivity index (χ0) is 48.9. The molecule has 4 aliphatic rings. The van der Waals surface area contributed by atoms with Crippen LogP contribution in [0.3, 0.4) is 0 Å². The molecule has 0 saturated carbocycles. The second-order valence-electron chi connectivity index (χ2n) is 19.4. The van der Waals surface area contributed by atoms with Crippen LogP contribution < -0.4 is 29.3 Å². The first-order valence-electron chi connectivity index (χ1n) is 24.5. The maximum Gasteiger partial charge on any atom is 0.258 e. The number of para-hydroxylation sites is 2. The van der Waals surface area contributed by atoms with E-state index in [1.165, 1.54) is 11.1 Å². The van der Waals surface area contributed by atoms with Crippen LogP contribution in [-0.4, -0.2) is 66.0 Å². The molecule has 3 amide bonds. The van der Waals surface area contributed by atoms with Crippen LogP contribution >= 0.6 is 21.6 Å². The van der Waals surface area contributed by atoms with E-state index in [2.05, 4.69) is 36.3 Å². The van der Waals surface area contributed by atoms with Crippen molar-refractivity contribution in [2.45, 2.75) is 122 Å². The number of ketones is 1. The normalized spacial score (nSPS) is 16.9. The number of nitrogens with zero attached hydrogens (tertiary/aromatic N) is 3. The van der Waals surface area contributed by atoms with E-state index in [9.17, 15) is 19.2 Å². The lowest BCUT2D eigenvalue weighted by Gasteiger charge is -2.23. The molecule has 5 aromatic carbocycles. The number of Topliss-reactive ketones (excluding diaryl/α,β-unsaturated/α-hetero) is 1. The molecule has 9 rings (SSSR count). The third-order valence-electron chi connectivity index (χ3n) is 13.8. The lowest BCUT2D eigenvalue weighted by molar-refractivity contribution is -0.118. The molecular weight excluding hydrogens is 917 g/mol. The van der Waals surface area contributed by atoms with E-state index < -0.39 is 0 Å². The Morgan fingerprint density at radius 2 is 1.34 bits per heavy atom. The van der Waals surface area contributed by atoms with Crippen molar-refractivity contribution in [1.82, 2.24) is 0 Å². The highest BCUT2D eigenvalue weighted by molar-refractivity contribution is 8.77. The zero-order valence-corrected chi connectivity index (χ0v) is 42.4. The van der Waals surface area contributed by atoms with E-state index in [0.717, 1.165) is 95.5 Å². The molecule has 0 spiro atoms. The van der Waals surface area contributed by atoms with Gasteiger partial charge in [-0.05, 0) is 179 Å². The maximum atomic E-state index is 14.1. The van der Waals surface area contributed by atoms with E-state index in [1.807, 2.05) is 103 Å². The SMILES string of the molecule is CC=NCC(=O)CCCSSC(C)(C)CCC(=O)Nc1cc(COc2cc3c(cc2C)C(=O)N2c4ccccc4CC2CC3)cc(COc2cc3c(cc2OC)C(=O)N2c4ccccc4C[C@H]2CC3)c1. The van der Waals surface area contributed by atoms with Crippen LogP contribution in [-0.2, 0) is 48.5 Å². The van der Waals surface area contributed by atoms with Gasteiger partial charge >= 0.3 is 0 Å². The molecule has 70 heavy (non-hydrogen) atoms. The largest absolute Gasteiger partial charge is 0.493 e. The monoisotopic (exact) mass is 978 g/mol. The summed E-state index contributed by atoms with van der Waals surface area (Å²) in [4.78, 5) is 61.9. The first-order chi connectivity index (χ1) is 33.9. The number of anilines is 3. The molecule has 2 atom stereocenters. The number of nitrogens with one attached hydrogen (secondary N) is 1. The van der Waals surface area contributed by atoms with Crippen molar-refractivity contribution in [3.05, 3.63) is 141 Å². The predicted octanol–water partition coefficient (Wildman–Crippen LogP) is 11.5. The molecule has 364 valence electrons. The number of benzene rings is 5. The molecule has 5 aromatic rings. The van der Waals surface area contributed by atoms with Gasteiger partial charge < -0.3 is 29.3 Å². The molecule has 4 heterocycles. The minimum Gasteiger partial charge on any atom is -0.493 e. The van der Waals surface area contributed by atoms with E-state index in [4.69, 9.17) is 14.2 Å². The topological polar surface area (TPSA) is 127 Å². The summed E-state index contributed by atoms with van der Waals surface area (Å²) < 4.78 is 18.8. The van der Waals surface area contributed by atoms with E-state index in [1.54, 1.807) is 34.9 Å². The standard InChI is InChI=1S/C57H62N4O7S2/c1-6-58-33-46(62)14-11-23-69-70-57(3,4)22-21-54(63)59-43-26-37(34-67-51-30-39-17-19-44-28-41-12-7-9-15-49(41)60(44)55(64)47(39)24-36(51)2)25-38(27-43)35-68-53-31-40-18-20-45-29-42-13-8-10-16-50(42)61(45)56(65)48(40)32-52(53)66-5/h6-10,12-13,15-16,24-27,30-32,44-45H,11,14,17-23,28-29,33-35H2,1-5H3,(H,59,63)/t44?,45-/m1/s1. The molecule has 0 saturated heterocycles. The molecule has 0 radical (unpaired) electrons. The fourth-order valence-electron chi connectivity index (χ4n) is 10.2. The Kier molecular flexibility index (Phi) is 15.1. The number of rotatable bonds is 19. The molecule has 4 aliphatic heterocycles. The van der Waals surface area contributed by atoms with Gasteiger partial charge in [-0.25, -0.2) is 0 Å². The summed E-state index contributed by atoms with van der Waals surface area (Å²) in [6.07, 6.45) is 8.87. The van der Waals surface area contributed by atoms with Crippen molar-refractivity contribution >= 4 is 68.4 Å². The summed E-state index contributed by atoms with van der Waals surface area (Å²) in [7, 11) is 5.07. The first kappa shape index (κ1) is 49.0. The Balaban J connectivity index is 0.907. The summed E-state index contributed by atoms with van der Waals surface area (Å²) in [5, 5.41) is 3.17. The molecule has 0 fully saturated rings. The van der Waals surface area contributed by atoms with Gasteiger partial charge in [-0.15, -0.1) is 0 Å². The van der Waals surface area contributed by atoms with Gasteiger partial charge in [0.25, 0.3) is 11.8 Å². The van der Waals surface area contributed by atoms with Gasteiger partial charge in [-0.3, -0.25) is 24.2 Å². The van der Waals surface area contributed by atoms with Crippen molar-refractivity contribution in [3.63, 3.8) is 0 Å². The summed E-state index contributed by atoms with van der Waals surface area (Å²) in [5.74, 6) is 2.64. The minimum absolute atomic E-state index is 0.0228. The van der Waals surface area contributed by atoms with Gasteiger partial charge in [0.05, 0.1) is 13.7 Å². The van der Waals surface area contributed by atoms with Gasteiger partial charge in [0.2, 0.25) is 5.91 Å². The average molecular weight is 979 g/mol. The number of hydrogen-bond donors (Lipinski definition) is 1. The van der Waals surface area contributed by atoms with Crippen molar-refractivity contribution in [3.8, 4) is 17.2 Å². The molecule has 11 nitrogen and oxygen atoms in total. The van der Waals surface area contributed by atoms with Gasteiger partial charge in [0.1, 0.15) is 19.0 Å². The maximum absolute atomic E-state index is 14.1. The summed E-state index contributed by atoms with van der Waals surface area (Å²) in [6.45, 7) is 8.71. The number of carbonyl (C=O) groups is 4. The molecule has 0 bridgehead atoms. The summed E-state index contributed by atoms with van der Waals surface area (Å²) in [5.41, 5.74) is 10.8. The molecule has 0 aliphatic carbocycles. The number of hydrogen-bond acceptors (Lipinski definition) is 10. The highest BCUT2D eigenvalue weighted by atomic mass is 33.1. The summed E-state index contributed by atoms with van der Waals surface area (Å²) in [6, 6.07) is 30.3. The summed E-state index contributed by atoms with van der Waals surface area (Å²) >= 11 is 0. The minimum atomic E-state index is -0.164. The van der Waals surface area contributed by atoms with Crippen LogP contribution in [0.2, 0.25) is 0 Å². The lowest BCUT2D eigenvalue weighted by Crippen LogP contribution is -2.36. The number of aliphatic imine (C=N–C) groups is 1. The van der Waals surface area contributed by atoms with Crippen LogP contribution in [0.25, 0.3) is 0 Å². The highest BCUT2D eigenvalue weighted by Crippen LogP contribution is 2.43. The molecule has 13 heteroatoms. The Labute approximate surface area is 419 Å².